The Kier molecular flexibility index (Phi) is 3.87. The highest BCUT2D eigenvalue weighted by atomic mass is 32.1. The molecule has 4 nitrogen and oxygen atoms in total. The Morgan fingerprint density at radius 2 is 2.16 bits per heavy atom. The zero-order valence-corrected chi connectivity index (χ0v) is 11.5. The van der Waals surface area contributed by atoms with Crippen LogP contribution >= 0.6 is 11.3 Å². The molecular weight excluding hydrogens is 258 g/mol. The number of aliphatic hydroxyl groups is 1. The third-order valence-corrected chi connectivity index (χ3v) is 4.29. The molecular formula is C14H17N3OS. The summed E-state index contributed by atoms with van der Waals surface area (Å²) in [6.45, 7) is 2.78. The van der Waals surface area contributed by atoms with Crippen LogP contribution in [0.4, 0.5) is 0 Å². The van der Waals surface area contributed by atoms with Crippen LogP contribution in [0.3, 0.4) is 0 Å². The molecule has 1 saturated heterocycles. The van der Waals surface area contributed by atoms with Gasteiger partial charge in [0.05, 0.1) is 17.5 Å². The first-order chi connectivity index (χ1) is 9.31. The quantitative estimate of drug-likeness (QED) is 0.932. The van der Waals surface area contributed by atoms with Gasteiger partial charge in [-0.15, -0.1) is 11.3 Å². The van der Waals surface area contributed by atoms with Crippen LogP contribution in [-0.2, 0) is 6.54 Å². The molecule has 0 aromatic carbocycles. The number of piperidine rings is 1. The van der Waals surface area contributed by atoms with Crippen LogP contribution in [0, 0.1) is 0 Å². The molecule has 3 heterocycles. The largest absolute Gasteiger partial charge is 0.393 e. The standard InChI is InChI=1S/C14H17N3OS/c18-12-4-7-17(8-5-12)9-11-10-19-14(16-11)13-3-1-2-6-15-13/h1-3,6,10,12,18H,4-5,7-9H2. The zero-order chi connectivity index (χ0) is 13.1. The van der Waals surface area contributed by atoms with E-state index in [-0.39, 0.29) is 6.10 Å². The third kappa shape index (κ3) is 3.18. The highest BCUT2D eigenvalue weighted by molar-refractivity contribution is 7.13. The van der Waals surface area contributed by atoms with Crippen molar-refractivity contribution in [2.45, 2.75) is 25.5 Å². The Bertz CT molecular complexity index is 520. The summed E-state index contributed by atoms with van der Waals surface area (Å²) in [6.07, 6.45) is 3.42. The molecule has 0 amide bonds. The third-order valence-electron chi connectivity index (χ3n) is 3.38. The summed E-state index contributed by atoms with van der Waals surface area (Å²) in [5.41, 5.74) is 2.04. The summed E-state index contributed by atoms with van der Waals surface area (Å²) >= 11 is 1.64. The van der Waals surface area contributed by atoms with E-state index in [0.717, 1.165) is 48.9 Å². The molecule has 2 aromatic heterocycles. The van der Waals surface area contributed by atoms with Gasteiger partial charge in [-0.25, -0.2) is 4.98 Å². The van der Waals surface area contributed by atoms with Crippen molar-refractivity contribution in [3.05, 3.63) is 35.5 Å². The number of thiazole rings is 1. The summed E-state index contributed by atoms with van der Waals surface area (Å²) in [5, 5.41) is 12.6. The molecule has 5 heteroatoms. The predicted octanol–water partition coefficient (Wildman–Crippen LogP) is 2.16. The first kappa shape index (κ1) is 12.7. The van der Waals surface area contributed by atoms with E-state index in [1.54, 1.807) is 17.5 Å². The van der Waals surface area contributed by atoms with Crippen LogP contribution in [-0.4, -0.2) is 39.2 Å². The Labute approximate surface area is 116 Å². The van der Waals surface area contributed by atoms with Crippen molar-refractivity contribution in [2.75, 3.05) is 13.1 Å². The second-order valence-corrected chi connectivity index (χ2v) is 5.72. The molecule has 1 fully saturated rings. The van der Waals surface area contributed by atoms with E-state index in [1.165, 1.54) is 0 Å². The number of aliphatic hydroxyl groups excluding tert-OH is 1. The number of rotatable bonds is 3. The van der Waals surface area contributed by atoms with Crippen molar-refractivity contribution < 1.29 is 5.11 Å². The number of likely N-dealkylation sites (tertiary alicyclic amines) is 1. The van der Waals surface area contributed by atoms with Gasteiger partial charge in [0.15, 0.2) is 0 Å². The maximum absolute atomic E-state index is 9.50. The molecule has 1 aliphatic rings. The van der Waals surface area contributed by atoms with E-state index >= 15 is 0 Å². The van der Waals surface area contributed by atoms with Crippen LogP contribution in [0.25, 0.3) is 10.7 Å². The summed E-state index contributed by atoms with van der Waals surface area (Å²) < 4.78 is 0. The topological polar surface area (TPSA) is 49.2 Å². The summed E-state index contributed by atoms with van der Waals surface area (Å²) in [6, 6.07) is 5.88. The van der Waals surface area contributed by atoms with Gasteiger partial charge in [0.2, 0.25) is 0 Å². The molecule has 0 atom stereocenters. The zero-order valence-electron chi connectivity index (χ0n) is 10.7. The smallest absolute Gasteiger partial charge is 0.142 e. The van der Waals surface area contributed by atoms with Crippen molar-refractivity contribution in [3.63, 3.8) is 0 Å². The second kappa shape index (κ2) is 5.77. The van der Waals surface area contributed by atoms with E-state index in [1.807, 2.05) is 18.2 Å². The number of hydrogen-bond donors (Lipinski definition) is 1. The molecule has 0 saturated carbocycles. The maximum Gasteiger partial charge on any atom is 0.142 e. The lowest BCUT2D eigenvalue weighted by Crippen LogP contribution is -2.35. The lowest BCUT2D eigenvalue weighted by molar-refractivity contribution is 0.0787. The van der Waals surface area contributed by atoms with E-state index < -0.39 is 0 Å². The van der Waals surface area contributed by atoms with Gasteiger partial charge in [-0.05, 0) is 25.0 Å². The van der Waals surface area contributed by atoms with Crippen LogP contribution < -0.4 is 0 Å². The van der Waals surface area contributed by atoms with Gasteiger partial charge in [0, 0.05) is 31.2 Å². The van der Waals surface area contributed by atoms with Gasteiger partial charge in [-0.1, -0.05) is 6.07 Å². The van der Waals surface area contributed by atoms with Crippen LogP contribution in [0.5, 0.6) is 0 Å². The molecule has 0 spiro atoms. The minimum atomic E-state index is -0.115. The minimum Gasteiger partial charge on any atom is -0.393 e. The normalized spacial score (nSPS) is 17.7. The summed E-state index contributed by atoms with van der Waals surface area (Å²) in [4.78, 5) is 11.3. The van der Waals surface area contributed by atoms with Gasteiger partial charge in [0.1, 0.15) is 5.01 Å². The summed E-state index contributed by atoms with van der Waals surface area (Å²) in [5.74, 6) is 0. The fourth-order valence-corrected chi connectivity index (χ4v) is 3.08. The number of hydrogen-bond acceptors (Lipinski definition) is 5. The highest BCUT2D eigenvalue weighted by Gasteiger charge is 2.18. The van der Waals surface area contributed by atoms with Gasteiger partial charge in [-0.3, -0.25) is 9.88 Å². The van der Waals surface area contributed by atoms with Gasteiger partial charge in [-0.2, -0.15) is 0 Å². The van der Waals surface area contributed by atoms with Crippen molar-refractivity contribution >= 4 is 11.3 Å². The van der Waals surface area contributed by atoms with Gasteiger partial charge < -0.3 is 5.11 Å². The van der Waals surface area contributed by atoms with Crippen molar-refractivity contribution in [2.24, 2.45) is 0 Å². The Balaban J connectivity index is 1.65. The fraction of sp³-hybridized carbons (Fsp3) is 0.429. The SMILES string of the molecule is OC1CCN(Cc2csc(-c3ccccn3)n2)CC1. The van der Waals surface area contributed by atoms with Gasteiger partial charge in [0.25, 0.3) is 0 Å². The fourth-order valence-electron chi connectivity index (χ4n) is 2.29. The predicted molar refractivity (Wildman–Crippen MR) is 75.9 cm³/mol. The molecule has 0 bridgehead atoms. The van der Waals surface area contributed by atoms with Gasteiger partial charge >= 0.3 is 0 Å². The van der Waals surface area contributed by atoms with E-state index in [9.17, 15) is 5.11 Å². The lowest BCUT2D eigenvalue weighted by atomic mass is 10.1. The number of nitrogens with zero attached hydrogens (tertiary/aromatic N) is 3. The van der Waals surface area contributed by atoms with Crippen molar-refractivity contribution in [3.8, 4) is 10.7 Å². The average Bonchev–Trinajstić information content (AvgIpc) is 2.91. The molecule has 100 valence electrons. The first-order valence-electron chi connectivity index (χ1n) is 6.57. The Morgan fingerprint density at radius 3 is 2.89 bits per heavy atom. The molecule has 0 aliphatic carbocycles. The van der Waals surface area contributed by atoms with Crippen molar-refractivity contribution in [1.82, 2.24) is 14.9 Å². The molecule has 2 aromatic rings. The molecule has 1 aliphatic heterocycles. The highest BCUT2D eigenvalue weighted by Crippen LogP contribution is 2.22. The second-order valence-electron chi connectivity index (χ2n) is 4.87. The average molecular weight is 275 g/mol. The number of pyridine rings is 1. The first-order valence-corrected chi connectivity index (χ1v) is 7.45. The lowest BCUT2D eigenvalue weighted by Gasteiger charge is -2.28. The van der Waals surface area contributed by atoms with Crippen LogP contribution in [0.1, 0.15) is 18.5 Å². The summed E-state index contributed by atoms with van der Waals surface area (Å²) in [7, 11) is 0. The van der Waals surface area contributed by atoms with Crippen LogP contribution in [0.15, 0.2) is 29.8 Å². The monoisotopic (exact) mass is 275 g/mol. The molecule has 3 rings (SSSR count). The molecule has 1 N–H and O–H groups in total. The van der Waals surface area contributed by atoms with E-state index in [0.29, 0.717) is 0 Å². The van der Waals surface area contributed by atoms with E-state index in [2.05, 4.69) is 20.2 Å². The number of aromatic nitrogens is 2. The van der Waals surface area contributed by atoms with Crippen molar-refractivity contribution in [1.29, 1.82) is 0 Å². The van der Waals surface area contributed by atoms with Crippen LogP contribution in [0.2, 0.25) is 0 Å². The minimum absolute atomic E-state index is 0.115. The molecule has 0 radical (unpaired) electrons. The Hall–Kier alpha value is -1.30. The molecule has 19 heavy (non-hydrogen) atoms. The Morgan fingerprint density at radius 1 is 1.32 bits per heavy atom. The molecule has 0 unspecified atom stereocenters. The van der Waals surface area contributed by atoms with E-state index in [4.69, 9.17) is 0 Å². The maximum atomic E-state index is 9.50.